The van der Waals surface area contributed by atoms with Crippen molar-refractivity contribution in [3.8, 4) is 0 Å². The van der Waals surface area contributed by atoms with Gasteiger partial charge in [0.25, 0.3) is 0 Å². The molecule has 0 amide bonds. The Labute approximate surface area is 101 Å². The van der Waals surface area contributed by atoms with E-state index in [4.69, 9.17) is 0 Å². The molecule has 1 heterocycles. The second-order valence-electron chi connectivity index (χ2n) is 6.14. The third-order valence-electron chi connectivity index (χ3n) is 4.19. The number of fused-ring (bicyclic) bond motifs is 1. The zero-order valence-corrected chi connectivity index (χ0v) is 11.0. The van der Waals surface area contributed by atoms with Crippen LogP contribution >= 0.6 is 0 Å². The molecule has 2 rings (SSSR count). The second-order valence-corrected chi connectivity index (χ2v) is 6.14. The fraction of sp³-hybridized carbons (Fsp3) is 1.00. The Balaban J connectivity index is 1.68. The van der Waals surface area contributed by atoms with Gasteiger partial charge in [-0.2, -0.15) is 0 Å². The molecule has 2 aliphatic rings. The molecular weight excluding hydrogens is 196 g/mol. The van der Waals surface area contributed by atoms with Gasteiger partial charge < -0.3 is 10.6 Å². The van der Waals surface area contributed by atoms with Gasteiger partial charge in [0.15, 0.2) is 0 Å². The minimum atomic E-state index is 0.734. The zero-order valence-electron chi connectivity index (χ0n) is 11.0. The van der Waals surface area contributed by atoms with Crippen molar-refractivity contribution >= 4 is 0 Å². The molecule has 1 saturated carbocycles. The van der Waals surface area contributed by atoms with Crippen molar-refractivity contribution in [1.82, 2.24) is 10.6 Å². The molecular formula is C14H28N2. The first-order valence-electron chi connectivity index (χ1n) is 7.22. The highest BCUT2D eigenvalue weighted by atomic mass is 15.0. The van der Waals surface area contributed by atoms with Crippen LogP contribution in [-0.2, 0) is 0 Å². The maximum absolute atomic E-state index is 3.87. The summed E-state index contributed by atoms with van der Waals surface area (Å²) in [6.07, 6.45) is 8.66. The Bertz CT molecular complexity index is 203. The number of rotatable bonds is 4. The van der Waals surface area contributed by atoms with E-state index < -0.39 is 0 Å². The molecule has 0 aromatic rings. The van der Waals surface area contributed by atoms with Crippen molar-refractivity contribution in [2.75, 3.05) is 13.1 Å². The van der Waals surface area contributed by atoms with Gasteiger partial charge in [0.1, 0.15) is 0 Å². The summed E-state index contributed by atoms with van der Waals surface area (Å²) >= 11 is 0. The average Bonchev–Trinajstić information content (AvgIpc) is 2.28. The molecule has 3 unspecified atom stereocenters. The highest BCUT2D eigenvalue weighted by Gasteiger charge is 2.31. The van der Waals surface area contributed by atoms with Crippen LogP contribution in [0, 0.1) is 11.8 Å². The lowest BCUT2D eigenvalue weighted by Gasteiger charge is -2.40. The van der Waals surface area contributed by atoms with E-state index in [9.17, 15) is 0 Å². The molecule has 1 aliphatic carbocycles. The van der Waals surface area contributed by atoms with E-state index in [1.54, 1.807) is 0 Å². The van der Waals surface area contributed by atoms with Crippen LogP contribution in [0.2, 0.25) is 0 Å². The number of piperidine rings is 1. The minimum absolute atomic E-state index is 0.734. The van der Waals surface area contributed by atoms with Crippen molar-refractivity contribution in [3.05, 3.63) is 0 Å². The Morgan fingerprint density at radius 1 is 1.12 bits per heavy atom. The van der Waals surface area contributed by atoms with Gasteiger partial charge in [0.2, 0.25) is 0 Å². The summed E-state index contributed by atoms with van der Waals surface area (Å²) in [5.41, 5.74) is 0. The minimum Gasteiger partial charge on any atom is -0.315 e. The molecule has 0 aromatic heterocycles. The van der Waals surface area contributed by atoms with Crippen LogP contribution in [0.1, 0.15) is 52.4 Å². The normalized spacial score (nSPS) is 35.1. The van der Waals surface area contributed by atoms with Crippen molar-refractivity contribution in [2.24, 2.45) is 11.8 Å². The summed E-state index contributed by atoms with van der Waals surface area (Å²) in [6, 6.07) is 1.58. The monoisotopic (exact) mass is 224 g/mol. The first-order chi connectivity index (χ1) is 7.75. The van der Waals surface area contributed by atoms with Crippen LogP contribution in [0.25, 0.3) is 0 Å². The lowest BCUT2D eigenvalue weighted by molar-refractivity contribution is 0.174. The Kier molecular flexibility index (Phi) is 4.66. The molecule has 2 N–H and O–H groups in total. The van der Waals surface area contributed by atoms with Gasteiger partial charge in [-0.15, -0.1) is 0 Å². The maximum Gasteiger partial charge on any atom is 0.0195 e. The lowest BCUT2D eigenvalue weighted by atomic mass is 9.78. The van der Waals surface area contributed by atoms with Gasteiger partial charge in [-0.1, -0.05) is 26.7 Å². The van der Waals surface area contributed by atoms with Gasteiger partial charge >= 0.3 is 0 Å². The molecule has 1 aliphatic heterocycles. The number of nitrogens with one attached hydrogen (secondary N) is 2. The molecule has 3 atom stereocenters. The third-order valence-corrected chi connectivity index (χ3v) is 4.19. The smallest absolute Gasteiger partial charge is 0.0195 e. The fourth-order valence-electron chi connectivity index (χ4n) is 3.28. The SMILES string of the molecule is CC(C)CNCC1CCC2CCCCC2N1. The average molecular weight is 224 g/mol. The van der Waals surface area contributed by atoms with E-state index in [0.29, 0.717) is 0 Å². The van der Waals surface area contributed by atoms with E-state index in [1.165, 1.54) is 45.1 Å². The van der Waals surface area contributed by atoms with Crippen LogP contribution < -0.4 is 10.6 Å². The lowest BCUT2D eigenvalue weighted by Crippen LogP contribution is -2.52. The fourth-order valence-corrected chi connectivity index (χ4v) is 3.28. The quantitative estimate of drug-likeness (QED) is 0.767. The predicted octanol–water partition coefficient (Wildman–Crippen LogP) is 2.54. The molecule has 0 radical (unpaired) electrons. The number of hydrogen-bond donors (Lipinski definition) is 2. The van der Waals surface area contributed by atoms with Crippen LogP contribution in [0.15, 0.2) is 0 Å². The highest BCUT2D eigenvalue weighted by Crippen LogP contribution is 2.31. The van der Waals surface area contributed by atoms with Crippen LogP contribution in [0.3, 0.4) is 0 Å². The molecule has 0 bridgehead atoms. The first-order valence-corrected chi connectivity index (χ1v) is 7.22. The van der Waals surface area contributed by atoms with Gasteiger partial charge in [0, 0.05) is 18.6 Å². The summed E-state index contributed by atoms with van der Waals surface area (Å²) < 4.78 is 0. The molecule has 94 valence electrons. The van der Waals surface area contributed by atoms with E-state index >= 15 is 0 Å². The molecule has 2 heteroatoms. The Morgan fingerprint density at radius 3 is 2.75 bits per heavy atom. The van der Waals surface area contributed by atoms with Gasteiger partial charge in [-0.05, 0) is 44.1 Å². The summed E-state index contributed by atoms with van der Waals surface area (Å²) in [5, 5.41) is 7.45. The van der Waals surface area contributed by atoms with Crippen molar-refractivity contribution in [2.45, 2.75) is 64.5 Å². The van der Waals surface area contributed by atoms with Crippen molar-refractivity contribution in [3.63, 3.8) is 0 Å². The summed E-state index contributed by atoms with van der Waals surface area (Å²) in [6.45, 7) is 6.88. The van der Waals surface area contributed by atoms with Crippen LogP contribution in [0.4, 0.5) is 0 Å². The molecule has 2 fully saturated rings. The standard InChI is InChI=1S/C14H28N2/c1-11(2)9-15-10-13-8-7-12-5-3-4-6-14(12)16-13/h11-16H,3-10H2,1-2H3. The van der Waals surface area contributed by atoms with E-state index in [2.05, 4.69) is 24.5 Å². The highest BCUT2D eigenvalue weighted by molar-refractivity contribution is 4.89. The van der Waals surface area contributed by atoms with Crippen LogP contribution in [0.5, 0.6) is 0 Å². The second kappa shape index (κ2) is 6.02. The third kappa shape index (κ3) is 3.46. The van der Waals surface area contributed by atoms with Crippen molar-refractivity contribution in [1.29, 1.82) is 0 Å². The molecule has 1 saturated heterocycles. The summed E-state index contributed by atoms with van der Waals surface area (Å²) in [5.74, 6) is 1.76. The van der Waals surface area contributed by atoms with E-state index in [-0.39, 0.29) is 0 Å². The maximum atomic E-state index is 3.87. The summed E-state index contributed by atoms with van der Waals surface area (Å²) in [4.78, 5) is 0. The topological polar surface area (TPSA) is 24.1 Å². The van der Waals surface area contributed by atoms with Gasteiger partial charge in [-0.25, -0.2) is 0 Å². The zero-order chi connectivity index (χ0) is 11.4. The summed E-state index contributed by atoms with van der Waals surface area (Å²) in [7, 11) is 0. The molecule has 2 nitrogen and oxygen atoms in total. The largest absolute Gasteiger partial charge is 0.315 e. The van der Waals surface area contributed by atoms with Crippen molar-refractivity contribution < 1.29 is 0 Å². The van der Waals surface area contributed by atoms with Gasteiger partial charge in [0.05, 0.1) is 0 Å². The first kappa shape index (κ1) is 12.4. The number of hydrogen-bond acceptors (Lipinski definition) is 2. The molecule has 16 heavy (non-hydrogen) atoms. The molecule has 0 aromatic carbocycles. The molecule has 0 spiro atoms. The predicted molar refractivity (Wildman–Crippen MR) is 69.6 cm³/mol. The van der Waals surface area contributed by atoms with Gasteiger partial charge in [-0.3, -0.25) is 0 Å². The Morgan fingerprint density at radius 2 is 1.94 bits per heavy atom. The van der Waals surface area contributed by atoms with E-state index in [1.807, 2.05) is 0 Å². The van der Waals surface area contributed by atoms with E-state index in [0.717, 1.165) is 30.5 Å². The Hall–Kier alpha value is -0.0800. The van der Waals surface area contributed by atoms with Crippen LogP contribution in [-0.4, -0.2) is 25.2 Å².